The Morgan fingerprint density at radius 1 is 1.18 bits per heavy atom. The van der Waals surface area contributed by atoms with Crippen molar-refractivity contribution in [2.75, 3.05) is 13.7 Å². The molecule has 5 rings (SSSR count). The first kappa shape index (κ1) is 17.6. The van der Waals surface area contributed by atoms with Crippen LogP contribution < -0.4 is 15.4 Å². The molecule has 1 aromatic rings. The van der Waals surface area contributed by atoms with E-state index in [-0.39, 0.29) is 24.5 Å². The monoisotopic (exact) mass is 380 g/mol. The van der Waals surface area contributed by atoms with Gasteiger partial charge in [0.25, 0.3) is 0 Å². The van der Waals surface area contributed by atoms with Crippen molar-refractivity contribution in [1.82, 2.24) is 10.6 Å². The highest BCUT2D eigenvalue weighted by Crippen LogP contribution is 2.55. The molecule has 6 heteroatoms. The number of ether oxygens (including phenoxy) is 2. The largest absolute Gasteiger partial charge is 0.484 e. The molecule has 0 radical (unpaired) electrons. The summed E-state index contributed by atoms with van der Waals surface area (Å²) in [6, 6.07) is 5.44. The molecule has 2 aliphatic carbocycles. The minimum absolute atomic E-state index is 0.00205. The molecule has 4 aliphatic rings. The maximum absolute atomic E-state index is 13.3. The van der Waals surface area contributed by atoms with Gasteiger partial charge in [0.05, 0.1) is 12.6 Å². The Bertz CT molecular complexity index is 903. The van der Waals surface area contributed by atoms with Crippen LogP contribution in [0.5, 0.6) is 5.75 Å². The Morgan fingerprint density at radius 2 is 1.96 bits per heavy atom. The first-order valence-corrected chi connectivity index (χ1v) is 10.0. The van der Waals surface area contributed by atoms with Crippen molar-refractivity contribution < 1.29 is 19.1 Å². The van der Waals surface area contributed by atoms with Crippen molar-refractivity contribution >= 4 is 11.8 Å². The summed E-state index contributed by atoms with van der Waals surface area (Å²) >= 11 is 0. The van der Waals surface area contributed by atoms with Crippen LogP contribution >= 0.6 is 0 Å². The van der Waals surface area contributed by atoms with Crippen molar-refractivity contribution in [2.45, 2.75) is 55.8 Å². The molecule has 1 aromatic carbocycles. The number of hydrogen-bond acceptors (Lipinski definition) is 4. The van der Waals surface area contributed by atoms with Crippen molar-refractivity contribution in [3.05, 3.63) is 29.3 Å². The van der Waals surface area contributed by atoms with Crippen LogP contribution in [0, 0.1) is 17.8 Å². The SMILES string of the molecule is COC1CCC2(CC1)Oc1ccc(C#CC3CC3)cc1C21NC(=O)NCC1=O. The van der Waals surface area contributed by atoms with Gasteiger partial charge in [-0.2, -0.15) is 0 Å². The second-order valence-corrected chi connectivity index (χ2v) is 8.27. The first-order chi connectivity index (χ1) is 13.6. The standard InChI is InChI=1S/C22H24N2O4/c1-27-16-8-10-21(11-9-16)22(19(25)13-23-20(26)24-22)17-12-15(5-4-14-2-3-14)6-7-18(17)28-21/h6-7,12,14,16H,2-3,8-11,13H2,1H3,(H2,23,24,26). The maximum atomic E-state index is 13.3. The summed E-state index contributed by atoms with van der Waals surface area (Å²) in [6.07, 6.45) is 5.35. The van der Waals surface area contributed by atoms with E-state index < -0.39 is 11.1 Å². The summed E-state index contributed by atoms with van der Waals surface area (Å²) in [5.41, 5.74) is -0.342. The van der Waals surface area contributed by atoms with Crippen molar-refractivity contribution in [2.24, 2.45) is 5.92 Å². The number of amides is 2. The fraction of sp³-hybridized carbons (Fsp3) is 0.545. The van der Waals surface area contributed by atoms with Gasteiger partial charge in [0.15, 0.2) is 11.3 Å². The third-order valence-electron chi connectivity index (χ3n) is 6.57. The van der Waals surface area contributed by atoms with Crippen LogP contribution in [0.3, 0.4) is 0 Å². The van der Waals surface area contributed by atoms with E-state index in [0.717, 1.165) is 36.8 Å². The predicted octanol–water partition coefficient (Wildman–Crippen LogP) is 2.25. The van der Waals surface area contributed by atoms with Gasteiger partial charge in [0.1, 0.15) is 11.4 Å². The second kappa shape index (κ2) is 6.25. The molecular formula is C22H24N2O4. The molecule has 2 N–H and O–H groups in total. The summed E-state index contributed by atoms with van der Waals surface area (Å²) in [5.74, 6) is 7.60. The number of ketones is 1. The van der Waals surface area contributed by atoms with E-state index in [2.05, 4.69) is 22.5 Å². The summed E-state index contributed by atoms with van der Waals surface area (Å²) in [4.78, 5) is 25.7. The third kappa shape index (κ3) is 2.53. The van der Waals surface area contributed by atoms with Crippen LogP contribution in [-0.4, -0.2) is 37.2 Å². The van der Waals surface area contributed by atoms with E-state index >= 15 is 0 Å². The Kier molecular flexibility index (Phi) is 3.92. The molecular weight excluding hydrogens is 356 g/mol. The van der Waals surface area contributed by atoms with E-state index in [9.17, 15) is 9.59 Å². The number of nitrogens with one attached hydrogen (secondary N) is 2. The van der Waals surface area contributed by atoms with Gasteiger partial charge in [0.2, 0.25) is 0 Å². The zero-order valence-electron chi connectivity index (χ0n) is 16.0. The number of urea groups is 1. The lowest BCUT2D eigenvalue weighted by atomic mass is 9.65. The number of Topliss-reactive ketones (excluding diaryl/α,β-unsaturated/α-hetero) is 1. The Morgan fingerprint density at radius 3 is 2.68 bits per heavy atom. The molecule has 2 amide bonds. The third-order valence-corrected chi connectivity index (χ3v) is 6.57. The highest BCUT2D eigenvalue weighted by molar-refractivity contribution is 6.02. The van der Waals surface area contributed by atoms with E-state index in [1.165, 1.54) is 0 Å². The highest BCUT2D eigenvalue weighted by atomic mass is 16.5. The van der Waals surface area contributed by atoms with Gasteiger partial charge in [-0.05, 0) is 56.7 Å². The van der Waals surface area contributed by atoms with E-state index in [1.54, 1.807) is 7.11 Å². The second-order valence-electron chi connectivity index (χ2n) is 8.27. The quantitative estimate of drug-likeness (QED) is 0.733. The van der Waals surface area contributed by atoms with Gasteiger partial charge < -0.3 is 20.1 Å². The summed E-state index contributed by atoms with van der Waals surface area (Å²) < 4.78 is 12.0. The summed E-state index contributed by atoms with van der Waals surface area (Å²) in [6.45, 7) is 0.00205. The van der Waals surface area contributed by atoms with Crippen LogP contribution in [0.2, 0.25) is 0 Å². The van der Waals surface area contributed by atoms with Crippen LogP contribution in [0.1, 0.15) is 49.7 Å². The molecule has 0 bridgehead atoms. The average Bonchev–Trinajstić information content (AvgIpc) is 3.50. The molecule has 2 spiro atoms. The van der Waals surface area contributed by atoms with Gasteiger partial charge in [-0.1, -0.05) is 11.8 Å². The van der Waals surface area contributed by atoms with Crippen LogP contribution in [0.4, 0.5) is 4.79 Å². The van der Waals surface area contributed by atoms with Crippen LogP contribution in [0.15, 0.2) is 18.2 Å². The topological polar surface area (TPSA) is 76.7 Å². The molecule has 2 saturated carbocycles. The lowest BCUT2D eigenvalue weighted by molar-refractivity contribution is -0.138. The minimum Gasteiger partial charge on any atom is -0.484 e. The van der Waals surface area contributed by atoms with Crippen LogP contribution in [-0.2, 0) is 15.1 Å². The summed E-state index contributed by atoms with van der Waals surface area (Å²) in [7, 11) is 1.71. The predicted molar refractivity (Wildman–Crippen MR) is 102 cm³/mol. The Balaban J connectivity index is 1.61. The average molecular weight is 380 g/mol. The number of carbonyl (C=O) groups is 2. The van der Waals surface area contributed by atoms with E-state index in [4.69, 9.17) is 9.47 Å². The molecule has 0 aromatic heterocycles. The lowest BCUT2D eigenvalue weighted by Gasteiger charge is -2.48. The number of rotatable bonds is 1. The molecule has 3 fully saturated rings. The summed E-state index contributed by atoms with van der Waals surface area (Å²) in [5, 5.41) is 5.59. The smallest absolute Gasteiger partial charge is 0.316 e. The fourth-order valence-electron chi connectivity index (χ4n) is 4.87. The molecule has 6 nitrogen and oxygen atoms in total. The zero-order valence-corrected chi connectivity index (χ0v) is 16.0. The number of hydrogen-bond donors (Lipinski definition) is 2. The Labute approximate surface area is 164 Å². The molecule has 2 aliphatic heterocycles. The molecule has 1 atom stereocenters. The molecule has 1 unspecified atom stereocenters. The Hall–Kier alpha value is -2.52. The van der Waals surface area contributed by atoms with Crippen molar-refractivity contribution in [1.29, 1.82) is 0 Å². The number of fused-ring (bicyclic) bond motifs is 3. The van der Waals surface area contributed by atoms with Crippen molar-refractivity contribution in [3.63, 3.8) is 0 Å². The molecule has 1 saturated heterocycles. The van der Waals surface area contributed by atoms with Crippen molar-refractivity contribution in [3.8, 4) is 17.6 Å². The number of methoxy groups -OCH3 is 1. The van der Waals surface area contributed by atoms with E-state index in [1.807, 2.05) is 18.2 Å². The van der Waals surface area contributed by atoms with Gasteiger partial charge in [0, 0.05) is 24.2 Å². The normalized spacial score (nSPS) is 33.5. The van der Waals surface area contributed by atoms with Gasteiger partial charge >= 0.3 is 6.03 Å². The van der Waals surface area contributed by atoms with Crippen LogP contribution in [0.25, 0.3) is 0 Å². The van der Waals surface area contributed by atoms with Gasteiger partial charge in [-0.3, -0.25) is 4.79 Å². The molecule has 2 heterocycles. The first-order valence-electron chi connectivity index (χ1n) is 10.0. The number of benzene rings is 1. The van der Waals surface area contributed by atoms with Gasteiger partial charge in [-0.15, -0.1) is 0 Å². The fourth-order valence-corrected chi connectivity index (χ4v) is 4.87. The minimum atomic E-state index is -1.17. The molecule has 146 valence electrons. The van der Waals surface area contributed by atoms with E-state index in [0.29, 0.717) is 24.5 Å². The van der Waals surface area contributed by atoms with Gasteiger partial charge in [-0.25, -0.2) is 4.79 Å². The number of carbonyl (C=O) groups excluding carboxylic acids is 2. The zero-order chi connectivity index (χ0) is 19.4. The molecule has 28 heavy (non-hydrogen) atoms. The maximum Gasteiger partial charge on any atom is 0.316 e. The lowest BCUT2D eigenvalue weighted by Crippen LogP contribution is -2.72. The highest BCUT2D eigenvalue weighted by Gasteiger charge is 2.66.